The normalized spacial score (nSPS) is 18.4. The maximum Gasteiger partial charge on any atom is 0.418 e. The van der Waals surface area contributed by atoms with Gasteiger partial charge >= 0.3 is 12.2 Å². The molecule has 0 aromatic heterocycles. The van der Waals surface area contributed by atoms with Crippen LogP contribution in [0.2, 0.25) is 0 Å². The van der Waals surface area contributed by atoms with Crippen molar-refractivity contribution in [3.63, 3.8) is 0 Å². The largest absolute Gasteiger partial charge is 0.418 e. The molecule has 1 saturated carbocycles. The first-order chi connectivity index (χ1) is 15.7. The summed E-state index contributed by atoms with van der Waals surface area (Å²) in [4.78, 5) is 24.4. The fourth-order valence-corrected chi connectivity index (χ4v) is 3.83. The summed E-state index contributed by atoms with van der Waals surface area (Å²) in [6.07, 6.45) is -0.172. The summed E-state index contributed by atoms with van der Waals surface area (Å²) in [5.74, 6) is -0.0720. The van der Waals surface area contributed by atoms with Crippen molar-refractivity contribution in [2.24, 2.45) is 5.92 Å². The number of anilines is 2. The molecule has 9 heteroatoms. The number of rotatable bonds is 7. The Bertz CT molecular complexity index is 951. The number of nitrogens with one attached hydrogen (secondary N) is 3. The number of carbonyl (C=O) groups excluding carboxylic acids is 2. The molecule has 0 saturated heterocycles. The SMILES string of the molecule is CC1CCCCC1OCCNC(=O)Nc1ccc(NC(=O)c2ccccc2)cc1C(F)(F)F. The number of halogens is 3. The fourth-order valence-electron chi connectivity index (χ4n) is 3.83. The zero-order valence-corrected chi connectivity index (χ0v) is 18.4. The predicted molar refractivity (Wildman–Crippen MR) is 120 cm³/mol. The van der Waals surface area contributed by atoms with Crippen molar-refractivity contribution >= 4 is 23.3 Å². The monoisotopic (exact) mass is 463 g/mol. The maximum atomic E-state index is 13.6. The van der Waals surface area contributed by atoms with Gasteiger partial charge in [-0.25, -0.2) is 4.79 Å². The lowest BCUT2D eigenvalue weighted by Gasteiger charge is -2.28. The van der Waals surface area contributed by atoms with Crippen LogP contribution in [0.5, 0.6) is 0 Å². The molecule has 2 atom stereocenters. The molecule has 2 aromatic carbocycles. The molecule has 3 rings (SSSR count). The van der Waals surface area contributed by atoms with E-state index in [-0.39, 0.29) is 18.3 Å². The molecule has 2 aromatic rings. The Hall–Kier alpha value is -3.07. The van der Waals surface area contributed by atoms with E-state index in [0.29, 0.717) is 18.1 Å². The highest BCUT2D eigenvalue weighted by molar-refractivity contribution is 6.04. The lowest BCUT2D eigenvalue weighted by Crippen LogP contribution is -2.34. The van der Waals surface area contributed by atoms with Crippen molar-refractivity contribution in [2.45, 2.75) is 44.9 Å². The van der Waals surface area contributed by atoms with Crippen LogP contribution in [0.3, 0.4) is 0 Å². The molecule has 3 N–H and O–H groups in total. The van der Waals surface area contributed by atoms with E-state index in [4.69, 9.17) is 4.74 Å². The molecule has 6 nitrogen and oxygen atoms in total. The molecule has 0 aliphatic heterocycles. The summed E-state index contributed by atoms with van der Waals surface area (Å²) in [6.45, 7) is 2.61. The Kier molecular flexibility index (Phi) is 8.32. The van der Waals surface area contributed by atoms with Gasteiger partial charge in [-0.2, -0.15) is 13.2 Å². The Morgan fingerprint density at radius 3 is 2.45 bits per heavy atom. The third-order valence-corrected chi connectivity index (χ3v) is 5.62. The van der Waals surface area contributed by atoms with E-state index in [9.17, 15) is 22.8 Å². The number of ether oxygens (including phenoxy) is 1. The topological polar surface area (TPSA) is 79.5 Å². The van der Waals surface area contributed by atoms with E-state index in [1.54, 1.807) is 30.3 Å². The van der Waals surface area contributed by atoms with Crippen molar-refractivity contribution in [3.05, 3.63) is 59.7 Å². The second kappa shape index (κ2) is 11.2. The molecule has 0 heterocycles. The number of benzene rings is 2. The molecule has 3 amide bonds. The molecule has 1 fully saturated rings. The average Bonchev–Trinajstić information content (AvgIpc) is 2.78. The fraction of sp³-hybridized carbons (Fsp3) is 0.417. The highest BCUT2D eigenvalue weighted by Crippen LogP contribution is 2.36. The van der Waals surface area contributed by atoms with E-state index in [1.165, 1.54) is 12.5 Å². The van der Waals surface area contributed by atoms with Gasteiger partial charge in [-0.15, -0.1) is 0 Å². The van der Waals surface area contributed by atoms with Crippen molar-refractivity contribution in [2.75, 3.05) is 23.8 Å². The van der Waals surface area contributed by atoms with E-state index in [2.05, 4.69) is 22.9 Å². The number of alkyl halides is 3. The van der Waals surface area contributed by atoms with E-state index >= 15 is 0 Å². The summed E-state index contributed by atoms with van der Waals surface area (Å²) in [6, 6.07) is 10.6. The smallest absolute Gasteiger partial charge is 0.376 e. The second-order valence-electron chi connectivity index (χ2n) is 8.13. The van der Waals surface area contributed by atoms with Crippen molar-refractivity contribution in [1.82, 2.24) is 5.32 Å². The molecular formula is C24H28F3N3O3. The van der Waals surface area contributed by atoms with Crippen molar-refractivity contribution in [3.8, 4) is 0 Å². The summed E-state index contributed by atoms with van der Waals surface area (Å²) in [5.41, 5.74) is -1.18. The Balaban J connectivity index is 1.57. The van der Waals surface area contributed by atoms with Gasteiger partial charge in [0.05, 0.1) is 24.0 Å². The minimum atomic E-state index is -4.73. The summed E-state index contributed by atoms with van der Waals surface area (Å²) in [5, 5.41) is 7.20. The van der Waals surface area contributed by atoms with Gasteiger partial charge in [0.15, 0.2) is 0 Å². The average molecular weight is 464 g/mol. The third-order valence-electron chi connectivity index (χ3n) is 5.62. The number of hydrogen-bond donors (Lipinski definition) is 3. The summed E-state index contributed by atoms with van der Waals surface area (Å²) in [7, 11) is 0. The van der Waals surface area contributed by atoms with Gasteiger partial charge in [-0.3, -0.25) is 4.79 Å². The van der Waals surface area contributed by atoms with Gasteiger partial charge in [0.1, 0.15) is 0 Å². The molecule has 0 radical (unpaired) electrons. The lowest BCUT2D eigenvalue weighted by atomic mass is 9.88. The number of amides is 3. The van der Waals surface area contributed by atoms with Crippen LogP contribution >= 0.6 is 0 Å². The molecule has 33 heavy (non-hydrogen) atoms. The quantitative estimate of drug-likeness (QED) is 0.463. The Labute approximate surface area is 190 Å². The Morgan fingerprint density at radius 1 is 1.03 bits per heavy atom. The van der Waals surface area contributed by atoms with E-state index in [0.717, 1.165) is 31.4 Å². The number of urea groups is 1. The zero-order chi connectivity index (χ0) is 23.8. The summed E-state index contributed by atoms with van der Waals surface area (Å²) < 4.78 is 46.6. The van der Waals surface area contributed by atoms with Crippen molar-refractivity contribution < 1.29 is 27.5 Å². The molecule has 1 aliphatic rings. The highest BCUT2D eigenvalue weighted by Gasteiger charge is 2.34. The molecular weight excluding hydrogens is 435 g/mol. The van der Waals surface area contributed by atoms with Crippen molar-refractivity contribution in [1.29, 1.82) is 0 Å². The third kappa shape index (κ3) is 7.21. The second-order valence-corrected chi connectivity index (χ2v) is 8.13. The number of carbonyl (C=O) groups is 2. The highest BCUT2D eigenvalue weighted by atomic mass is 19.4. The van der Waals surface area contributed by atoms with Crippen LogP contribution in [-0.4, -0.2) is 31.2 Å². The van der Waals surface area contributed by atoms with Gasteiger partial charge in [0.25, 0.3) is 5.91 Å². The maximum absolute atomic E-state index is 13.6. The van der Waals surface area contributed by atoms with Crippen LogP contribution in [0.4, 0.5) is 29.3 Å². The molecule has 178 valence electrons. The van der Waals surface area contributed by atoms with Gasteiger partial charge in [-0.1, -0.05) is 38.0 Å². The Morgan fingerprint density at radius 2 is 1.76 bits per heavy atom. The van der Waals surface area contributed by atoms with Crippen LogP contribution in [0.1, 0.15) is 48.5 Å². The lowest BCUT2D eigenvalue weighted by molar-refractivity contribution is -0.136. The van der Waals surface area contributed by atoms with Crippen LogP contribution in [0.25, 0.3) is 0 Å². The molecule has 0 bridgehead atoms. The number of hydrogen-bond acceptors (Lipinski definition) is 3. The minimum absolute atomic E-state index is 0.0304. The minimum Gasteiger partial charge on any atom is -0.376 e. The first-order valence-corrected chi connectivity index (χ1v) is 11.0. The van der Waals surface area contributed by atoms with Gasteiger partial charge in [0.2, 0.25) is 0 Å². The van der Waals surface area contributed by atoms with Crippen LogP contribution in [0, 0.1) is 5.92 Å². The first kappa shape index (κ1) is 24.6. The van der Waals surface area contributed by atoms with Gasteiger partial charge in [0, 0.05) is 17.8 Å². The first-order valence-electron chi connectivity index (χ1n) is 11.0. The van der Waals surface area contributed by atoms with Crippen LogP contribution in [0.15, 0.2) is 48.5 Å². The predicted octanol–water partition coefficient (Wildman–Crippen LogP) is 5.67. The zero-order valence-electron chi connectivity index (χ0n) is 18.4. The van der Waals surface area contributed by atoms with E-state index < -0.39 is 29.4 Å². The molecule has 1 aliphatic carbocycles. The molecule has 0 spiro atoms. The summed E-state index contributed by atoms with van der Waals surface area (Å²) >= 11 is 0. The standard InChI is InChI=1S/C24H28F3N3O3/c1-16-7-5-6-10-21(16)33-14-13-28-23(32)30-20-12-11-18(15-19(20)24(25,26)27)29-22(31)17-8-3-2-4-9-17/h2-4,8-9,11-12,15-16,21H,5-7,10,13-14H2,1H3,(H,29,31)(H2,28,30,32). The van der Waals surface area contributed by atoms with Crippen LogP contribution < -0.4 is 16.0 Å². The van der Waals surface area contributed by atoms with E-state index in [1.807, 2.05) is 0 Å². The van der Waals surface area contributed by atoms with Crippen LogP contribution in [-0.2, 0) is 10.9 Å². The molecule has 2 unspecified atom stereocenters. The van der Waals surface area contributed by atoms with Gasteiger partial charge in [-0.05, 0) is 49.1 Å². The van der Waals surface area contributed by atoms with Gasteiger partial charge < -0.3 is 20.7 Å².